The van der Waals surface area contributed by atoms with E-state index in [1.165, 1.54) is 4.90 Å². The average molecular weight is 253 g/mol. The van der Waals surface area contributed by atoms with E-state index in [4.69, 9.17) is 15.9 Å². The molecule has 1 rings (SSSR count). The molecular formula is C13H19NO4. The number of amides is 1. The van der Waals surface area contributed by atoms with E-state index in [0.717, 1.165) is 6.42 Å². The Balaban J connectivity index is 2.62. The highest BCUT2D eigenvalue weighted by Crippen LogP contribution is 2.21. The molecule has 0 aliphatic carbocycles. The molecule has 1 heterocycles. The topological polar surface area (TPSA) is 55.8 Å². The first kappa shape index (κ1) is 14.4. The molecule has 0 bridgehead atoms. The number of terminal acetylenes is 1. The summed E-state index contributed by atoms with van der Waals surface area (Å²) < 4.78 is 10.1. The number of ether oxygens (including phenoxy) is 2. The zero-order valence-electron chi connectivity index (χ0n) is 11.1. The number of hydrogen-bond acceptors (Lipinski definition) is 4. The Morgan fingerprint density at radius 2 is 2.11 bits per heavy atom. The van der Waals surface area contributed by atoms with Gasteiger partial charge < -0.3 is 9.47 Å². The summed E-state index contributed by atoms with van der Waals surface area (Å²) in [5, 5.41) is 0. The molecule has 1 aliphatic rings. The highest BCUT2D eigenvalue weighted by molar-refractivity contribution is 5.82. The van der Waals surface area contributed by atoms with Crippen molar-refractivity contribution in [3.05, 3.63) is 0 Å². The van der Waals surface area contributed by atoms with Crippen molar-refractivity contribution in [3.63, 3.8) is 0 Å². The monoisotopic (exact) mass is 253 g/mol. The van der Waals surface area contributed by atoms with Gasteiger partial charge in [-0.25, -0.2) is 9.59 Å². The molecule has 1 fully saturated rings. The molecule has 0 saturated carbocycles. The van der Waals surface area contributed by atoms with Crippen molar-refractivity contribution in [2.24, 2.45) is 0 Å². The van der Waals surface area contributed by atoms with Crippen molar-refractivity contribution >= 4 is 12.1 Å². The van der Waals surface area contributed by atoms with Gasteiger partial charge in [0.2, 0.25) is 0 Å². The van der Waals surface area contributed by atoms with Gasteiger partial charge in [0, 0.05) is 6.54 Å². The molecule has 0 spiro atoms. The molecule has 100 valence electrons. The number of rotatable bonds is 2. The van der Waals surface area contributed by atoms with Crippen LogP contribution in [0.15, 0.2) is 0 Å². The van der Waals surface area contributed by atoms with Crippen LogP contribution < -0.4 is 0 Å². The van der Waals surface area contributed by atoms with Gasteiger partial charge >= 0.3 is 12.1 Å². The van der Waals surface area contributed by atoms with Crippen molar-refractivity contribution in [1.29, 1.82) is 0 Å². The minimum Gasteiger partial charge on any atom is -0.451 e. The summed E-state index contributed by atoms with van der Waals surface area (Å²) in [4.78, 5) is 25.0. The van der Waals surface area contributed by atoms with E-state index in [2.05, 4.69) is 5.92 Å². The number of hydrogen-bond donors (Lipinski definition) is 0. The fraction of sp³-hybridized carbons (Fsp3) is 0.692. The summed E-state index contributed by atoms with van der Waals surface area (Å²) in [5.74, 6) is 1.76. The fourth-order valence-electron chi connectivity index (χ4n) is 1.76. The Hall–Kier alpha value is -1.70. The zero-order chi connectivity index (χ0) is 13.8. The second kappa shape index (κ2) is 5.76. The smallest absolute Gasteiger partial charge is 0.411 e. The average Bonchev–Trinajstić information content (AvgIpc) is 2.72. The van der Waals surface area contributed by atoms with Crippen LogP contribution in [0.3, 0.4) is 0 Å². The molecule has 1 saturated heterocycles. The Morgan fingerprint density at radius 1 is 1.44 bits per heavy atom. The SMILES string of the molecule is C#CCOC(=O)C1CCCN1C(=O)OC(C)(C)C. The highest BCUT2D eigenvalue weighted by Gasteiger charge is 2.37. The third kappa shape index (κ3) is 3.95. The molecule has 5 nitrogen and oxygen atoms in total. The number of carbonyl (C=O) groups is 2. The van der Waals surface area contributed by atoms with Gasteiger partial charge in [0.25, 0.3) is 0 Å². The van der Waals surface area contributed by atoms with E-state index in [0.29, 0.717) is 13.0 Å². The molecule has 0 radical (unpaired) electrons. The quantitative estimate of drug-likeness (QED) is 0.553. The van der Waals surface area contributed by atoms with Crippen LogP contribution >= 0.6 is 0 Å². The summed E-state index contributed by atoms with van der Waals surface area (Å²) >= 11 is 0. The van der Waals surface area contributed by atoms with Crippen molar-refractivity contribution in [2.75, 3.05) is 13.2 Å². The van der Waals surface area contributed by atoms with Gasteiger partial charge in [0.1, 0.15) is 11.6 Å². The van der Waals surface area contributed by atoms with Gasteiger partial charge in [-0.05, 0) is 33.6 Å². The van der Waals surface area contributed by atoms with E-state index in [9.17, 15) is 9.59 Å². The molecule has 1 unspecified atom stereocenters. The van der Waals surface area contributed by atoms with Crippen LogP contribution in [-0.4, -0.2) is 41.8 Å². The van der Waals surface area contributed by atoms with E-state index < -0.39 is 23.7 Å². The summed E-state index contributed by atoms with van der Waals surface area (Å²) in [5.41, 5.74) is -0.576. The van der Waals surface area contributed by atoms with Crippen LogP contribution in [-0.2, 0) is 14.3 Å². The summed E-state index contributed by atoms with van der Waals surface area (Å²) in [6.45, 7) is 5.79. The van der Waals surface area contributed by atoms with Crippen LogP contribution in [0, 0.1) is 12.3 Å². The first-order valence-electron chi connectivity index (χ1n) is 5.95. The molecule has 0 aromatic carbocycles. The van der Waals surface area contributed by atoms with Crippen LogP contribution in [0.5, 0.6) is 0 Å². The predicted molar refractivity (Wildman–Crippen MR) is 65.8 cm³/mol. The van der Waals surface area contributed by atoms with E-state index in [-0.39, 0.29) is 6.61 Å². The van der Waals surface area contributed by atoms with Gasteiger partial charge in [-0.1, -0.05) is 5.92 Å². The molecule has 0 aromatic heterocycles. The van der Waals surface area contributed by atoms with E-state index in [1.807, 2.05) is 0 Å². The van der Waals surface area contributed by atoms with Gasteiger partial charge in [-0.3, -0.25) is 4.90 Å². The maximum absolute atomic E-state index is 11.9. The molecule has 5 heteroatoms. The minimum absolute atomic E-state index is 0.0719. The van der Waals surface area contributed by atoms with Crippen molar-refractivity contribution in [2.45, 2.75) is 45.3 Å². The predicted octanol–water partition coefficient (Wildman–Crippen LogP) is 1.56. The van der Waals surface area contributed by atoms with Crippen molar-refractivity contribution in [1.82, 2.24) is 4.90 Å². The van der Waals surface area contributed by atoms with Crippen LogP contribution in [0.2, 0.25) is 0 Å². The molecular weight excluding hydrogens is 234 g/mol. The lowest BCUT2D eigenvalue weighted by Gasteiger charge is -2.27. The van der Waals surface area contributed by atoms with Crippen LogP contribution in [0.4, 0.5) is 4.79 Å². The van der Waals surface area contributed by atoms with Crippen molar-refractivity contribution < 1.29 is 19.1 Å². The molecule has 1 atom stereocenters. The lowest BCUT2D eigenvalue weighted by Crippen LogP contribution is -2.44. The zero-order valence-corrected chi connectivity index (χ0v) is 11.1. The Bertz CT molecular complexity index is 364. The van der Waals surface area contributed by atoms with Crippen molar-refractivity contribution in [3.8, 4) is 12.3 Å². The number of carbonyl (C=O) groups excluding carboxylic acids is 2. The highest BCUT2D eigenvalue weighted by atomic mass is 16.6. The largest absolute Gasteiger partial charge is 0.451 e. The Morgan fingerprint density at radius 3 is 2.67 bits per heavy atom. The molecule has 1 amide bonds. The van der Waals surface area contributed by atoms with Gasteiger partial charge in [-0.15, -0.1) is 6.42 Å². The molecule has 18 heavy (non-hydrogen) atoms. The number of esters is 1. The summed E-state index contributed by atoms with van der Waals surface area (Å²) in [6, 6.07) is -0.576. The normalized spacial score (nSPS) is 19.2. The van der Waals surface area contributed by atoms with Gasteiger partial charge in [-0.2, -0.15) is 0 Å². The first-order chi connectivity index (χ1) is 8.35. The molecule has 0 N–H and O–H groups in total. The minimum atomic E-state index is -0.576. The van der Waals surface area contributed by atoms with E-state index >= 15 is 0 Å². The maximum Gasteiger partial charge on any atom is 0.411 e. The second-order valence-electron chi connectivity index (χ2n) is 5.14. The number of nitrogens with zero attached hydrogens (tertiary/aromatic N) is 1. The second-order valence-corrected chi connectivity index (χ2v) is 5.14. The third-order valence-electron chi connectivity index (χ3n) is 2.45. The Kier molecular flexibility index (Phi) is 4.60. The summed E-state index contributed by atoms with van der Waals surface area (Å²) in [7, 11) is 0. The van der Waals surface area contributed by atoms with E-state index in [1.54, 1.807) is 20.8 Å². The number of likely N-dealkylation sites (tertiary alicyclic amines) is 1. The van der Waals surface area contributed by atoms with Gasteiger partial charge in [0.15, 0.2) is 6.61 Å². The molecule has 1 aliphatic heterocycles. The Labute approximate surface area is 107 Å². The van der Waals surface area contributed by atoms with Crippen LogP contribution in [0.1, 0.15) is 33.6 Å². The summed E-state index contributed by atoms with van der Waals surface area (Å²) in [6.07, 6.45) is 5.88. The molecule has 0 aromatic rings. The standard InChI is InChI=1S/C13H19NO4/c1-5-9-17-11(15)10-7-6-8-14(10)12(16)18-13(2,3)4/h1,10H,6-9H2,2-4H3. The maximum atomic E-state index is 11.9. The lowest BCUT2D eigenvalue weighted by atomic mass is 10.2. The van der Waals surface area contributed by atoms with Gasteiger partial charge in [0.05, 0.1) is 0 Å². The third-order valence-corrected chi connectivity index (χ3v) is 2.45. The van der Waals surface area contributed by atoms with Crippen LogP contribution in [0.25, 0.3) is 0 Å². The first-order valence-corrected chi connectivity index (χ1v) is 5.95. The fourth-order valence-corrected chi connectivity index (χ4v) is 1.76. The lowest BCUT2D eigenvalue weighted by molar-refractivity contribution is -0.147.